The highest BCUT2D eigenvalue weighted by Gasteiger charge is 2.05. The van der Waals surface area contributed by atoms with Crippen molar-refractivity contribution in [1.82, 2.24) is 0 Å². The molecular formula is C12H16O4. The van der Waals surface area contributed by atoms with Gasteiger partial charge < -0.3 is 14.9 Å². The van der Waals surface area contributed by atoms with Crippen LogP contribution < -0.4 is 0 Å². The average Bonchev–Trinajstić information content (AvgIpc) is 2.28. The zero-order valence-corrected chi connectivity index (χ0v) is 9.06. The summed E-state index contributed by atoms with van der Waals surface area (Å²) in [7, 11) is 0. The summed E-state index contributed by atoms with van der Waals surface area (Å²) in [6.45, 7) is 0.267. The van der Waals surface area contributed by atoms with Crippen molar-refractivity contribution in [3.05, 3.63) is 29.8 Å². The molecule has 0 aliphatic heterocycles. The number of ether oxygens (including phenoxy) is 1. The highest BCUT2D eigenvalue weighted by Crippen LogP contribution is 2.17. The topological polar surface area (TPSA) is 66.8 Å². The lowest BCUT2D eigenvalue weighted by Crippen LogP contribution is -2.08. The number of aliphatic hydroxyl groups is 1. The Morgan fingerprint density at radius 1 is 1.31 bits per heavy atom. The number of aliphatic hydroxyl groups excluding tert-OH is 1. The van der Waals surface area contributed by atoms with Gasteiger partial charge in [-0.1, -0.05) is 18.2 Å². The molecule has 0 bridgehead atoms. The molecule has 4 heteroatoms. The fraction of sp³-hybridized carbons (Fsp3) is 0.417. The minimum absolute atomic E-state index is 0.0206. The first-order valence-electron chi connectivity index (χ1n) is 5.27. The van der Waals surface area contributed by atoms with E-state index in [0.29, 0.717) is 12.8 Å². The number of benzene rings is 1. The molecule has 0 heterocycles. The molecule has 2 N–H and O–H groups in total. The van der Waals surface area contributed by atoms with Crippen molar-refractivity contribution in [3.63, 3.8) is 0 Å². The summed E-state index contributed by atoms with van der Waals surface area (Å²) in [5, 5.41) is 18.0. The molecule has 0 aliphatic carbocycles. The summed E-state index contributed by atoms with van der Waals surface area (Å²) >= 11 is 0. The van der Waals surface area contributed by atoms with E-state index in [4.69, 9.17) is 9.84 Å². The van der Waals surface area contributed by atoms with Gasteiger partial charge in [-0.05, 0) is 18.1 Å². The molecule has 0 fully saturated rings. The third kappa shape index (κ3) is 4.31. The van der Waals surface area contributed by atoms with Gasteiger partial charge in [-0.15, -0.1) is 0 Å². The summed E-state index contributed by atoms with van der Waals surface area (Å²) in [5.41, 5.74) is 0.738. The molecule has 4 nitrogen and oxygen atoms in total. The van der Waals surface area contributed by atoms with E-state index in [9.17, 15) is 9.90 Å². The van der Waals surface area contributed by atoms with Crippen LogP contribution in [-0.2, 0) is 16.0 Å². The van der Waals surface area contributed by atoms with Gasteiger partial charge in [-0.2, -0.15) is 0 Å². The molecule has 88 valence electrons. The number of aryl methyl sites for hydroxylation is 1. The Bertz CT molecular complexity index is 336. The van der Waals surface area contributed by atoms with E-state index in [1.165, 1.54) is 0 Å². The van der Waals surface area contributed by atoms with Crippen LogP contribution in [0, 0.1) is 0 Å². The van der Waals surface area contributed by atoms with E-state index >= 15 is 0 Å². The zero-order valence-electron chi connectivity index (χ0n) is 9.06. The van der Waals surface area contributed by atoms with Gasteiger partial charge in [0, 0.05) is 19.4 Å². The molecule has 0 spiro atoms. The summed E-state index contributed by atoms with van der Waals surface area (Å²) in [5.74, 6) is -0.109. The molecule has 1 rings (SSSR count). The summed E-state index contributed by atoms with van der Waals surface area (Å²) < 4.78 is 4.86. The predicted octanol–water partition coefficient (Wildman–Crippen LogP) is 1.25. The van der Waals surface area contributed by atoms with E-state index < -0.39 is 0 Å². The number of para-hydroxylation sites is 1. The molecule has 0 unspecified atom stereocenters. The third-order valence-electron chi connectivity index (χ3n) is 2.16. The third-order valence-corrected chi connectivity index (χ3v) is 2.16. The highest BCUT2D eigenvalue weighted by molar-refractivity contribution is 5.69. The number of esters is 1. The zero-order chi connectivity index (χ0) is 11.8. The second-order valence-electron chi connectivity index (χ2n) is 3.43. The fourth-order valence-electron chi connectivity index (χ4n) is 1.28. The first-order chi connectivity index (χ1) is 7.74. The van der Waals surface area contributed by atoms with Gasteiger partial charge in [-0.3, -0.25) is 4.79 Å². The van der Waals surface area contributed by atoms with Crippen molar-refractivity contribution in [3.8, 4) is 5.75 Å². The van der Waals surface area contributed by atoms with Crippen LogP contribution in [0.2, 0.25) is 0 Å². The lowest BCUT2D eigenvalue weighted by Gasteiger charge is -2.05. The number of phenols is 1. The van der Waals surface area contributed by atoms with Crippen LogP contribution in [0.1, 0.15) is 18.4 Å². The van der Waals surface area contributed by atoms with Crippen molar-refractivity contribution < 1.29 is 19.7 Å². The average molecular weight is 224 g/mol. The van der Waals surface area contributed by atoms with Gasteiger partial charge in [0.25, 0.3) is 0 Å². The molecule has 0 aliphatic rings. The van der Waals surface area contributed by atoms with Crippen molar-refractivity contribution in [1.29, 1.82) is 0 Å². The molecule has 0 aromatic heterocycles. The van der Waals surface area contributed by atoms with E-state index in [2.05, 4.69) is 0 Å². The van der Waals surface area contributed by atoms with Crippen LogP contribution in [0.5, 0.6) is 5.75 Å². The Kier molecular flexibility index (Phi) is 5.36. The SMILES string of the molecule is O=C(CCc1ccccc1O)OCCCO. The molecular weight excluding hydrogens is 208 g/mol. The van der Waals surface area contributed by atoms with E-state index in [1.807, 2.05) is 6.07 Å². The lowest BCUT2D eigenvalue weighted by molar-refractivity contribution is -0.143. The summed E-state index contributed by atoms with van der Waals surface area (Å²) in [6, 6.07) is 6.91. The van der Waals surface area contributed by atoms with Crippen LogP contribution in [0.4, 0.5) is 0 Å². The minimum Gasteiger partial charge on any atom is -0.508 e. The summed E-state index contributed by atoms with van der Waals surface area (Å²) in [6.07, 6.45) is 1.16. The lowest BCUT2D eigenvalue weighted by atomic mass is 10.1. The Hall–Kier alpha value is -1.55. The van der Waals surface area contributed by atoms with Crippen LogP contribution >= 0.6 is 0 Å². The molecule has 1 aromatic rings. The standard InChI is InChI=1S/C12H16O4/c13-8-3-9-16-12(15)7-6-10-4-1-2-5-11(10)14/h1-2,4-5,13-14H,3,6-9H2. The van der Waals surface area contributed by atoms with E-state index in [-0.39, 0.29) is 31.4 Å². The Labute approximate surface area is 94.5 Å². The first-order valence-corrected chi connectivity index (χ1v) is 5.27. The van der Waals surface area contributed by atoms with Crippen LogP contribution in [-0.4, -0.2) is 29.4 Å². The van der Waals surface area contributed by atoms with Gasteiger partial charge in [0.05, 0.1) is 6.61 Å². The smallest absolute Gasteiger partial charge is 0.306 e. The first kappa shape index (κ1) is 12.5. The Morgan fingerprint density at radius 2 is 2.06 bits per heavy atom. The maximum absolute atomic E-state index is 11.2. The normalized spacial score (nSPS) is 10.1. The van der Waals surface area contributed by atoms with Crippen molar-refractivity contribution in [2.45, 2.75) is 19.3 Å². The minimum atomic E-state index is -0.309. The largest absolute Gasteiger partial charge is 0.508 e. The van der Waals surface area contributed by atoms with E-state index in [0.717, 1.165) is 5.56 Å². The number of hydrogen-bond donors (Lipinski definition) is 2. The number of carbonyl (C=O) groups excluding carboxylic acids is 1. The van der Waals surface area contributed by atoms with Gasteiger partial charge in [0.1, 0.15) is 5.75 Å². The second-order valence-corrected chi connectivity index (χ2v) is 3.43. The van der Waals surface area contributed by atoms with Gasteiger partial charge in [-0.25, -0.2) is 0 Å². The second kappa shape index (κ2) is 6.85. The molecule has 0 radical (unpaired) electrons. The van der Waals surface area contributed by atoms with Crippen molar-refractivity contribution in [2.24, 2.45) is 0 Å². The molecule has 0 saturated heterocycles. The summed E-state index contributed by atoms with van der Waals surface area (Å²) in [4.78, 5) is 11.2. The fourth-order valence-corrected chi connectivity index (χ4v) is 1.28. The van der Waals surface area contributed by atoms with E-state index in [1.54, 1.807) is 18.2 Å². The van der Waals surface area contributed by atoms with Gasteiger partial charge >= 0.3 is 5.97 Å². The Morgan fingerprint density at radius 3 is 2.75 bits per heavy atom. The highest BCUT2D eigenvalue weighted by atomic mass is 16.5. The number of aromatic hydroxyl groups is 1. The number of carbonyl (C=O) groups is 1. The predicted molar refractivity (Wildman–Crippen MR) is 59.1 cm³/mol. The molecule has 0 atom stereocenters. The van der Waals surface area contributed by atoms with Crippen molar-refractivity contribution >= 4 is 5.97 Å². The molecule has 0 saturated carbocycles. The maximum atomic E-state index is 11.2. The quantitative estimate of drug-likeness (QED) is 0.563. The molecule has 0 amide bonds. The van der Waals surface area contributed by atoms with Crippen LogP contribution in [0.15, 0.2) is 24.3 Å². The number of hydrogen-bond acceptors (Lipinski definition) is 4. The van der Waals surface area contributed by atoms with Gasteiger partial charge in [0.2, 0.25) is 0 Å². The number of phenolic OH excluding ortho intramolecular Hbond substituents is 1. The molecule has 16 heavy (non-hydrogen) atoms. The number of rotatable bonds is 6. The maximum Gasteiger partial charge on any atom is 0.306 e. The van der Waals surface area contributed by atoms with Crippen LogP contribution in [0.25, 0.3) is 0 Å². The monoisotopic (exact) mass is 224 g/mol. The van der Waals surface area contributed by atoms with Crippen molar-refractivity contribution in [2.75, 3.05) is 13.2 Å². The Balaban J connectivity index is 2.29. The van der Waals surface area contributed by atoms with Crippen LogP contribution in [0.3, 0.4) is 0 Å². The van der Waals surface area contributed by atoms with Gasteiger partial charge in [0.15, 0.2) is 0 Å². The molecule has 1 aromatic carbocycles.